The minimum Gasteiger partial charge on any atom is -0.378 e. The molecule has 23 heavy (non-hydrogen) atoms. The fourth-order valence-electron chi connectivity index (χ4n) is 2.23. The lowest BCUT2D eigenvalue weighted by Gasteiger charge is -2.12. The first-order chi connectivity index (χ1) is 9.95. The normalized spacial score (nSPS) is 10.0. The van der Waals surface area contributed by atoms with Gasteiger partial charge in [-0.05, 0) is 30.5 Å². The van der Waals surface area contributed by atoms with Gasteiger partial charge in [0.25, 0.3) is 0 Å². The molecule has 2 rings (SSSR count). The topological polar surface area (TPSA) is 33.1 Å². The highest BCUT2D eigenvalue weighted by Gasteiger charge is 2.05. The van der Waals surface area contributed by atoms with Gasteiger partial charge in [0.15, 0.2) is 0 Å². The lowest BCUT2D eigenvalue weighted by Crippen LogP contribution is -2.09. The summed E-state index contributed by atoms with van der Waals surface area (Å²) in [6.45, 7) is 8.28. The summed E-state index contributed by atoms with van der Waals surface area (Å²) in [4.78, 5) is 2.11. The summed E-state index contributed by atoms with van der Waals surface area (Å²) in [5.41, 5.74) is 3.68. The highest BCUT2D eigenvalue weighted by Crippen LogP contribution is 2.15. The van der Waals surface area contributed by atoms with Crippen molar-refractivity contribution in [3.8, 4) is 0 Å². The van der Waals surface area contributed by atoms with Crippen molar-refractivity contribution < 1.29 is 0 Å². The van der Waals surface area contributed by atoms with Crippen LogP contribution in [-0.4, -0.2) is 23.9 Å². The molecule has 0 spiro atoms. The summed E-state index contributed by atoms with van der Waals surface area (Å²) in [7, 11) is 4.11. The Kier molecular flexibility index (Phi) is 9.10. The van der Waals surface area contributed by atoms with E-state index < -0.39 is 0 Å². The van der Waals surface area contributed by atoms with Gasteiger partial charge in [-0.3, -0.25) is 4.68 Å². The van der Waals surface area contributed by atoms with E-state index in [1.165, 1.54) is 16.9 Å². The van der Waals surface area contributed by atoms with Gasteiger partial charge in [0.1, 0.15) is 5.82 Å². The average molecular weight is 359 g/mol. The van der Waals surface area contributed by atoms with Gasteiger partial charge >= 0.3 is 0 Å². The van der Waals surface area contributed by atoms with Crippen LogP contribution in [0.3, 0.4) is 0 Å². The lowest BCUT2D eigenvalue weighted by atomic mass is 10.2. The van der Waals surface area contributed by atoms with Crippen LogP contribution in [0.4, 0.5) is 11.5 Å². The molecule has 0 fully saturated rings. The smallest absolute Gasteiger partial charge is 0.148 e. The highest BCUT2D eigenvalue weighted by molar-refractivity contribution is 5.85. The zero-order chi connectivity index (χ0) is 15.4. The van der Waals surface area contributed by atoms with Gasteiger partial charge in [-0.15, -0.1) is 24.8 Å². The number of nitrogens with one attached hydrogen (secondary N) is 1. The maximum absolute atomic E-state index is 4.61. The van der Waals surface area contributed by atoms with Gasteiger partial charge in [0.2, 0.25) is 0 Å². The van der Waals surface area contributed by atoms with Crippen molar-refractivity contribution in [2.75, 3.05) is 24.3 Å². The predicted octanol–water partition coefficient (Wildman–Crippen LogP) is 4.37. The van der Waals surface area contributed by atoms with Crippen molar-refractivity contribution in [2.24, 2.45) is 5.92 Å². The van der Waals surface area contributed by atoms with Crippen LogP contribution >= 0.6 is 24.8 Å². The molecule has 2 aromatic rings. The standard InChI is InChI=1S/C17H26N4.2ClH/c1-13(2)12-21-14(3)10-17(19-21)18-11-15-6-8-16(9-7-15)20(4)5;;/h6-10,13H,11-12H2,1-5H3,(H,18,19);2*1H. The molecule has 0 aliphatic heterocycles. The van der Waals surface area contributed by atoms with Crippen LogP contribution in [-0.2, 0) is 13.1 Å². The molecule has 1 N–H and O–H groups in total. The second-order valence-electron chi connectivity index (χ2n) is 6.16. The Balaban J connectivity index is 0.00000242. The summed E-state index contributed by atoms with van der Waals surface area (Å²) >= 11 is 0. The quantitative estimate of drug-likeness (QED) is 0.831. The van der Waals surface area contributed by atoms with Crippen LogP contribution in [0.25, 0.3) is 0 Å². The fraction of sp³-hybridized carbons (Fsp3) is 0.471. The third kappa shape index (κ3) is 6.32. The predicted molar refractivity (Wildman–Crippen MR) is 104 cm³/mol. The Bertz CT molecular complexity index is 577. The van der Waals surface area contributed by atoms with Crippen LogP contribution in [0.5, 0.6) is 0 Å². The van der Waals surface area contributed by atoms with Crippen LogP contribution in [0.15, 0.2) is 30.3 Å². The van der Waals surface area contributed by atoms with Crippen LogP contribution in [0.1, 0.15) is 25.1 Å². The maximum Gasteiger partial charge on any atom is 0.148 e. The number of halogens is 2. The Labute approximate surface area is 152 Å². The number of anilines is 2. The molecule has 4 nitrogen and oxygen atoms in total. The number of rotatable bonds is 6. The van der Waals surface area contributed by atoms with E-state index in [2.05, 4.69) is 85.2 Å². The monoisotopic (exact) mass is 358 g/mol. The molecule has 0 atom stereocenters. The molecular weight excluding hydrogens is 331 g/mol. The van der Waals surface area contributed by atoms with Crippen LogP contribution < -0.4 is 10.2 Å². The summed E-state index contributed by atoms with van der Waals surface area (Å²) < 4.78 is 2.07. The second-order valence-corrected chi connectivity index (χ2v) is 6.16. The van der Waals surface area contributed by atoms with Crippen LogP contribution in [0, 0.1) is 12.8 Å². The largest absolute Gasteiger partial charge is 0.378 e. The molecule has 1 heterocycles. The van der Waals surface area contributed by atoms with Crippen molar-refractivity contribution in [3.63, 3.8) is 0 Å². The molecule has 130 valence electrons. The van der Waals surface area contributed by atoms with Gasteiger partial charge in [-0.1, -0.05) is 26.0 Å². The summed E-state index contributed by atoms with van der Waals surface area (Å²) in [5, 5.41) is 8.01. The molecule has 0 amide bonds. The summed E-state index contributed by atoms with van der Waals surface area (Å²) in [5.74, 6) is 1.56. The minimum atomic E-state index is 0. The molecule has 1 aromatic heterocycles. The maximum atomic E-state index is 4.61. The number of hydrogen-bond acceptors (Lipinski definition) is 3. The SMILES string of the molecule is Cc1cc(NCc2ccc(N(C)C)cc2)nn1CC(C)C.Cl.Cl. The highest BCUT2D eigenvalue weighted by atomic mass is 35.5. The Hall–Kier alpha value is -1.39. The number of hydrogen-bond donors (Lipinski definition) is 1. The Morgan fingerprint density at radius 1 is 1.13 bits per heavy atom. The fourth-order valence-corrected chi connectivity index (χ4v) is 2.23. The third-order valence-corrected chi connectivity index (χ3v) is 3.45. The van der Waals surface area contributed by atoms with E-state index in [4.69, 9.17) is 0 Å². The first-order valence-electron chi connectivity index (χ1n) is 7.50. The number of benzene rings is 1. The van der Waals surface area contributed by atoms with Gasteiger partial charge in [-0.2, -0.15) is 5.10 Å². The van der Waals surface area contributed by atoms with E-state index >= 15 is 0 Å². The Morgan fingerprint density at radius 2 is 1.74 bits per heavy atom. The molecule has 0 bridgehead atoms. The van der Waals surface area contributed by atoms with Crippen molar-refractivity contribution >= 4 is 36.3 Å². The summed E-state index contributed by atoms with van der Waals surface area (Å²) in [6, 6.07) is 10.7. The zero-order valence-electron chi connectivity index (χ0n) is 14.5. The molecule has 0 saturated heterocycles. The molecule has 1 aromatic carbocycles. The van der Waals surface area contributed by atoms with Crippen molar-refractivity contribution in [2.45, 2.75) is 33.9 Å². The number of aromatic nitrogens is 2. The molecular formula is C17H28Cl2N4. The molecule has 0 saturated carbocycles. The van der Waals surface area contributed by atoms with E-state index in [9.17, 15) is 0 Å². The molecule has 6 heteroatoms. The summed E-state index contributed by atoms with van der Waals surface area (Å²) in [6.07, 6.45) is 0. The first kappa shape index (κ1) is 21.6. The molecule has 0 unspecified atom stereocenters. The molecule has 0 radical (unpaired) electrons. The average Bonchev–Trinajstić information content (AvgIpc) is 2.77. The third-order valence-electron chi connectivity index (χ3n) is 3.45. The minimum absolute atomic E-state index is 0. The molecule has 0 aliphatic rings. The van der Waals surface area contributed by atoms with Crippen molar-refractivity contribution in [3.05, 3.63) is 41.6 Å². The van der Waals surface area contributed by atoms with Crippen LogP contribution in [0.2, 0.25) is 0 Å². The van der Waals surface area contributed by atoms with E-state index in [1.807, 2.05) is 0 Å². The van der Waals surface area contributed by atoms with Gasteiger partial charge < -0.3 is 10.2 Å². The lowest BCUT2D eigenvalue weighted by molar-refractivity contribution is 0.475. The van der Waals surface area contributed by atoms with Crippen molar-refractivity contribution in [1.29, 1.82) is 0 Å². The number of aryl methyl sites for hydroxylation is 1. The van der Waals surface area contributed by atoms with E-state index in [0.29, 0.717) is 5.92 Å². The first-order valence-corrected chi connectivity index (χ1v) is 7.50. The van der Waals surface area contributed by atoms with Gasteiger partial charge in [0, 0.05) is 44.6 Å². The Morgan fingerprint density at radius 3 is 2.26 bits per heavy atom. The van der Waals surface area contributed by atoms with Gasteiger partial charge in [0.05, 0.1) is 0 Å². The second kappa shape index (κ2) is 9.68. The van der Waals surface area contributed by atoms with E-state index in [1.54, 1.807) is 0 Å². The molecule has 0 aliphatic carbocycles. The zero-order valence-corrected chi connectivity index (χ0v) is 16.2. The van der Waals surface area contributed by atoms with Crippen molar-refractivity contribution in [1.82, 2.24) is 9.78 Å². The van der Waals surface area contributed by atoms with Gasteiger partial charge in [-0.25, -0.2) is 0 Å². The van der Waals surface area contributed by atoms with E-state index in [0.717, 1.165) is 18.9 Å². The van der Waals surface area contributed by atoms with E-state index in [-0.39, 0.29) is 24.8 Å². The number of nitrogens with zero attached hydrogens (tertiary/aromatic N) is 3.